The lowest BCUT2D eigenvalue weighted by atomic mass is 10.1. The summed E-state index contributed by atoms with van der Waals surface area (Å²) in [7, 11) is 0. The predicted octanol–water partition coefficient (Wildman–Crippen LogP) is 4.00. The number of benzene rings is 2. The van der Waals surface area contributed by atoms with Crippen LogP contribution in [0.4, 0.5) is 11.4 Å². The average molecular weight is 255 g/mol. The molecule has 98 valence electrons. The summed E-state index contributed by atoms with van der Waals surface area (Å²) in [6, 6.07) is 13.0. The second kappa shape index (κ2) is 5.57. The minimum absolute atomic E-state index is 0.295. The van der Waals surface area contributed by atoms with Gasteiger partial charge >= 0.3 is 5.97 Å². The number of nitrogens with one attached hydrogen (secondary N) is 1. The summed E-state index contributed by atoms with van der Waals surface area (Å²) in [5.74, 6) is -0.908. The zero-order valence-corrected chi connectivity index (χ0v) is 11.1. The van der Waals surface area contributed by atoms with Crippen molar-refractivity contribution in [2.75, 3.05) is 5.32 Å². The molecule has 0 aliphatic heterocycles. The Morgan fingerprint density at radius 2 is 1.74 bits per heavy atom. The van der Waals surface area contributed by atoms with Gasteiger partial charge < -0.3 is 10.4 Å². The van der Waals surface area contributed by atoms with Gasteiger partial charge in [-0.25, -0.2) is 4.79 Å². The molecule has 0 spiro atoms. The van der Waals surface area contributed by atoms with E-state index >= 15 is 0 Å². The molecule has 3 heteroatoms. The van der Waals surface area contributed by atoms with Crippen molar-refractivity contribution in [3.05, 3.63) is 59.2 Å². The van der Waals surface area contributed by atoms with E-state index in [0.717, 1.165) is 17.8 Å². The third kappa shape index (κ3) is 3.13. The fourth-order valence-corrected chi connectivity index (χ4v) is 2.03. The van der Waals surface area contributed by atoms with Gasteiger partial charge in [0.05, 0.1) is 5.56 Å². The van der Waals surface area contributed by atoms with Crippen molar-refractivity contribution in [2.24, 2.45) is 0 Å². The van der Waals surface area contributed by atoms with E-state index in [1.807, 2.05) is 6.07 Å². The summed E-state index contributed by atoms with van der Waals surface area (Å²) in [5.41, 5.74) is 4.79. The summed E-state index contributed by atoms with van der Waals surface area (Å²) in [6.45, 7) is 4.23. The van der Waals surface area contributed by atoms with Gasteiger partial charge in [-0.3, -0.25) is 0 Å². The van der Waals surface area contributed by atoms with E-state index in [-0.39, 0.29) is 0 Å². The first-order chi connectivity index (χ1) is 9.10. The molecule has 0 unspecified atom stereocenters. The maximum atomic E-state index is 10.8. The Labute approximate surface area is 112 Å². The van der Waals surface area contributed by atoms with Crippen molar-refractivity contribution >= 4 is 17.3 Å². The monoisotopic (exact) mass is 255 g/mol. The third-order valence-corrected chi connectivity index (χ3v) is 3.14. The summed E-state index contributed by atoms with van der Waals surface area (Å²) in [6.07, 6.45) is 1.03. The van der Waals surface area contributed by atoms with Gasteiger partial charge in [0.15, 0.2) is 0 Å². The minimum Gasteiger partial charge on any atom is -0.478 e. The van der Waals surface area contributed by atoms with Crippen LogP contribution in [0, 0.1) is 6.92 Å². The summed E-state index contributed by atoms with van der Waals surface area (Å²) >= 11 is 0. The number of aromatic carboxylic acids is 1. The smallest absolute Gasteiger partial charge is 0.335 e. The standard InChI is InChI=1S/C16H17NO2/c1-3-12-4-9-15(10-11(12)2)17-14-7-5-13(6-8-14)16(18)19/h4-10,17H,3H2,1-2H3,(H,18,19). The highest BCUT2D eigenvalue weighted by Crippen LogP contribution is 2.20. The van der Waals surface area contributed by atoms with Gasteiger partial charge in [0.25, 0.3) is 0 Å². The van der Waals surface area contributed by atoms with Crippen molar-refractivity contribution in [3.63, 3.8) is 0 Å². The molecule has 2 aromatic carbocycles. The van der Waals surface area contributed by atoms with E-state index < -0.39 is 5.97 Å². The molecule has 0 aromatic heterocycles. The van der Waals surface area contributed by atoms with Crippen molar-refractivity contribution < 1.29 is 9.90 Å². The number of hydrogen-bond acceptors (Lipinski definition) is 2. The van der Waals surface area contributed by atoms with E-state index in [1.54, 1.807) is 24.3 Å². The van der Waals surface area contributed by atoms with Gasteiger partial charge in [-0.15, -0.1) is 0 Å². The molecule has 2 N–H and O–H groups in total. The van der Waals surface area contributed by atoms with E-state index in [0.29, 0.717) is 5.56 Å². The molecule has 0 fully saturated rings. The maximum Gasteiger partial charge on any atom is 0.335 e. The second-order valence-corrected chi connectivity index (χ2v) is 4.50. The van der Waals surface area contributed by atoms with Crippen LogP contribution in [0.5, 0.6) is 0 Å². The van der Waals surface area contributed by atoms with Crippen LogP contribution in [0.25, 0.3) is 0 Å². The second-order valence-electron chi connectivity index (χ2n) is 4.50. The lowest BCUT2D eigenvalue weighted by Crippen LogP contribution is -1.97. The van der Waals surface area contributed by atoms with Crippen LogP contribution in [-0.4, -0.2) is 11.1 Å². The Morgan fingerprint density at radius 3 is 2.26 bits per heavy atom. The molecule has 3 nitrogen and oxygen atoms in total. The van der Waals surface area contributed by atoms with E-state index in [4.69, 9.17) is 5.11 Å². The maximum absolute atomic E-state index is 10.8. The molecule has 0 atom stereocenters. The first kappa shape index (κ1) is 13.1. The summed E-state index contributed by atoms with van der Waals surface area (Å²) in [4.78, 5) is 10.8. The predicted molar refractivity (Wildman–Crippen MR) is 77.2 cm³/mol. The topological polar surface area (TPSA) is 49.3 Å². The lowest BCUT2D eigenvalue weighted by molar-refractivity contribution is 0.0697. The Kier molecular flexibility index (Phi) is 3.85. The van der Waals surface area contributed by atoms with Crippen LogP contribution in [0.2, 0.25) is 0 Å². The van der Waals surface area contributed by atoms with Crippen LogP contribution in [0.3, 0.4) is 0 Å². The van der Waals surface area contributed by atoms with Gasteiger partial charge in [0.2, 0.25) is 0 Å². The molecule has 2 rings (SSSR count). The van der Waals surface area contributed by atoms with Gasteiger partial charge in [0, 0.05) is 11.4 Å². The van der Waals surface area contributed by atoms with Crippen LogP contribution in [-0.2, 0) is 6.42 Å². The molecule has 0 saturated carbocycles. The Balaban J connectivity index is 2.16. The molecular formula is C16H17NO2. The van der Waals surface area contributed by atoms with Gasteiger partial charge in [-0.05, 0) is 60.9 Å². The fraction of sp³-hybridized carbons (Fsp3) is 0.188. The van der Waals surface area contributed by atoms with Crippen LogP contribution in [0.15, 0.2) is 42.5 Å². The summed E-state index contributed by atoms with van der Waals surface area (Å²) < 4.78 is 0. The first-order valence-electron chi connectivity index (χ1n) is 6.30. The van der Waals surface area contributed by atoms with Gasteiger partial charge in [-0.1, -0.05) is 13.0 Å². The molecule has 0 amide bonds. The number of hydrogen-bond donors (Lipinski definition) is 2. The number of rotatable bonds is 4. The third-order valence-electron chi connectivity index (χ3n) is 3.14. The number of anilines is 2. The Bertz CT molecular complexity index is 588. The van der Waals surface area contributed by atoms with Crippen LogP contribution in [0.1, 0.15) is 28.4 Å². The quantitative estimate of drug-likeness (QED) is 0.868. The lowest BCUT2D eigenvalue weighted by Gasteiger charge is -2.10. The number of aryl methyl sites for hydroxylation is 2. The van der Waals surface area contributed by atoms with Gasteiger partial charge in [0.1, 0.15) is 0 Å². The van der Waals surface area contributed by atoms with Crippen molar-refractivity contribution in [1.29, 1.82) is 0 Å². The molecule has 0 saturated heterocycles. The molecule has 0 aliphatic rings. The Hall–Kier alpha value is -2.29. The summed E-state index contributed by atoms with van der Waals surface area (Å²) in [5, 5.41) is 12.1. The number of carbonyl (C=O) groups is 1. The molecule has 0 radical (unpaired) electrons. The molecule has 0 bridgehead atoms. The largest absolute Gasteiger partial charge is 0.478 e. The van der Waals surface area contributed by atoms with E-state index in [9.17, 15) is 4.79 Å². The van der Waals surface area contributed by atoms with Crippen LogP contribution >= 0.6 is 0 Å². The first-order valence-corrected chi connectivity index (χ1v) is 6.30. The molecule has 2 aromatic rings. The highest BCUT2D eigenvalue weighted by Gasteiger charge is 2.02. The fourth-order valence-electron chi connectivity index (χ4n) is 2.03. The van der Waals surface area contributed by atoms with E-state index in [1.165, 1.54) is 11.1 Å². The molecule has 0 aliphatic carbocycles. The zero-order valence-electron chi connectivity index (χ0n) is 11.1. The molecule has 19 heavy (non-hydrogen) atoms. The van der Waals surface area contributed by atoms with E-state index in [2.05, 4.69) is 31.3 Å². The number of carboxylic acids is 1. The average Bonchev–Trinajstić information content (AvgIpc) is 2.39. The number of carboxylic acid groups (broad SMARTS) is 1. The molecular weight excluding hydrogens is 238 g/mol. The minimum atomic E-state index is -0.908. The SMILES string of the molecule is CCc1ccc(Nc2ccc(C(=O)O)cc2)cc1C. The van der Waals surface area contributed by atoms with Gasteiger partial charge in [-0.2, -0.15) is 0 Å². The van der Waals surface area contributed by atoms with Crippen molar-refractivity contribution in [1.82, 2.24) is 0 Å². The highest BCUT2D eigenvalue weighted by molar-refractivity contribution is 5.88. The van der Waals surface area contributed by atoms with Crippen molar-refractivity contribution in [3.8, 4) is 0 Å². The normalized spacial score (nSPS) is 10.2. The highest BCUT2D eigenvalue weighted by atomic mass is 16.4. The Morgan fingerprint density at radius 1 is 1.11 bits per heavy atom. The zero-order chi connectivity index (χ0) is 13.8. The van der Waals surface area contributed by atoms with Crippen molar-refractivity contribution in [2.45, 2.75) is 20.3 Å². The molecule has 0 heterocycles. The van der Waals surface area contributed by atoms with Crippen LogP contribution < -0.4 is 5.32 Å².